The third-order valence-corrected chi connectivity index (χ3v) is 5.23. The first-order valence-corrected chi connectivity index (χ1v) is 8.57. The molecule has 23 heavy (non-hydrogen) atoms. The van der Waals surface area contributed by atoms with Gasteiger partial charge < -0.3 is 4.57 Å². The van der Waals surface area contributed by atoms with Crippen molar-refractivity contribution in [3.63, 3.8) is 0 Å². The van der Waals surface area contributed by atoms with Crippen molar-refractivity contribution >= 4 is 10.9 Å². The van der Waals surface area contributed by atoms with Crippen LogP contribution in [0.5, 0.6) is 0 Å². The zero-order valence-corrected chi connectivity index (χ0v) is 14.6. The third-order valence-electron chi connectivity index (χ3n) is 5.23. The maximum absolute atomic E-state index is 2.49. The summed E-state index contributed by atoms with van der Waals surface area (Å²) in [5.41, 5.74) is 6.21. The highest BCUT2D eigenvalue weighted by atomic mass is 15.0. The molecule has 0 saturated carbocycles. The Morgan fingerprint density at radius 3 is 2.22 bits per heavy atom. The van der Waals surface area contributed by atoms with Crippen molar-refractivity contribution in [2.75, 3.05) is 0 Å². The number of rotatable bonds is 1. The van der Waals surface area contributed by atoms with Gasteiger partial charge in [0, 0.05) is 16.8 Å². The maximum atomic E-state index is 2.49. The summed E-state index contributed by atoms with van der Waals surface area (Å²) in [6, 6.07) is 19.7. The van der Waals surface area contributed by atoms with Gasteiger partial charge in [0.05, 0.1) is 5.52 Å². The van der Waals surface area contributed by atoms with Crippen LogP contribution in [0.15, 0.2) is 54.6 Å². The van der Waals surface area contributed by atoms with Gasteiger partial charge in [-0.05, 0) is 47.4 Å². The van der Waals surface area contributed by atoms with Crippen LogP contribution < -0.4 is 0 Å². The molecule has 1 aromatic heterocycles. The van der Waals surface area contributed by atoms with Gasteiger partial charge in [0.25, 0.3) is 0 Å². The van der Waals surface area contributed by atoms with E-state index in [1.54, 1.807) is 5.56 Å². The number of nitrogens with zero attached hydrogens (tertiary/aromatic N) is 1. The van der Waals surface area contributed by atoms with Crippen LogP contribution >= 0.6 is 0 Å². The molecule has 0 saturated heterocycles. The molecule has 0 bridgehead atoms. The molecule has 3 aromatic rings. The average Bonchev–Trinajstić information content (AvgIpc) is 2.80. The SMILES string of the molecule is CC1(C)Cc2c(c3ccccc3n2-c2ccccc2)C(C)(C)C1. The standard InChI is InChI=1S/C22H25N/c1-21(2)14-19-20(22(3,4)15-21)17-12-8-9-13-18(17)23(19)16-10-6-5-7-11-16/h5-13H,14-15H2,1-4H3. The Bertz CT molecular complexity index is 866. The molecular weight excluding hydrogens is 278 g/mol. The zero-order valence-electron chi connectivity index (χ0n) is 14.6. The van der Waals surface area contributed by atoms with E-state index in [1.165, 1.54) is 28.7 Å². The molecular formula is C22H25N. The van der Waals surface area contributed by atoms with Crippen LogP contribution in [0, 0.1) is 5.41 Å². The Kier molecular flexibility index (Phi) is 3.00. The summed E-state index contributed by atoms with van der Waals surface area (Å²) in [4.78, 5) is 0. The number of aromatic nitrogens is 1. The molecule has 0 atom stereocenters. The van der Waals surface area contributed by atoms with Gasteiger partial charge in [0.15, 0.2) is 0 Å². The normalized spacial score (nSPS) is 18.8. The molecule has 1 nitrogen and oxygen atoms in total. The second-order valence-electron chi connectivity index (χ2n) is 8.41. The lowest BCUT2D eigenvalue weighted by molar-refractivity contribution is 0.229. The minimum absolute atomic E-state index is 0.205. The molecule has 0 spiro atoms. The summed E-state index contributed by atoms with van der Waals surface area (Å²) in [5, 5.41) is 1.42. The summed E-state index contributed by atoms with van der Waals surface area (Å²) >= 11 is 0. The van der Waals surface area contributed by atoms with Gasteiger partial charge in [0.1, 0.15) is 0 Å². The summed E-state index contributed by atoms with van der Waals surface area (Å²) in [7, 11) is 0. The first-order chi connectivity index (χ1) is 10.9. The molecule has 1 aliphatic rings. The van der Waals surface area contributed by atoms with Gasteiger partial charge in [0.2, 0.25) is 0 Å². The van der Waals surface area contributed by atoms with Crippen molar-refractivity contribution in [1.82, 2.24) is 4.57 Å². The number of para-hydroxylation sites is 2. The maximum Gasteiger partial charge on any atom is 0.0534 e. The topological polar surface area (TPSA) is 4.93 Å². The van der Waals surface area contributed by atoms with Gasteiger partial charge >= 0.3 is 0 Å². The van der Waals surface area contributed by atoms with Crippen LogP contribution in [0.2, 0.25) is 0 Å². The van der Waals surface area contributed by atoms with Crippen molar-refractivity contribution < 1.29 is 0 Å². The minimum Gasteiger partial charge on any atom is -0.313 e. The largest absolute Gasteiger partial charge is 0.313 e. The van der Waals surface area contributed by atoms with Gasteiger partial charge in [-0.3, -0.25) is 0 Å². The Labute approximate surface area is 139 Å². The van der Waals surface area contributed by atoms with E-state index >= 15 is 0 Å². The number of benzene rings is 2. The summed E-state index contributed by atoms with van der Waals surface area (Å²) < 4.78 is 2.49. The number of fused-ring (bicyclic) bond motifs is 3. The van der Waals surface area contributed by atoms with E-state index in [2.05, 4.69) is 86.9 Å². The molecule has 1 aliphatic carbocycles. The first kappa shape index (κ1) is 14.6. The van der Waals surface area contributed by atoms with E-state index < -0.39 is 0 Å². The van der Waals surface area contributed by atoms with E-state index in [4.69, 9.17) is 0 Å². The highest BCUT2D eigenvalue weighted by molar-refractivity contribution is 5.88. The molecule has 0 unspecified atom stereocenters. The quantitative estimate of drug-likeness (QED) is 0.529. The molecule has 0 N–H and O–H groups in total. The Morgan fingerprint density at radius 2 is 1.48 bits per heavy atom. The number of hydrogen-bond donors (Lipinski definition) is 0. The predicted molar refractivity (Wildman–Crippen MR) is 98.4 cm³/mol. The van der Waals surface area contributed by atoms with Gasteiger partial charge in [-0.25, -0.2) is 0 Å². The molecule has 0 amide bonds. The summed E-state index contributed by atoms with van der Waals surface area (Å²) in [6.45, 7) is 9.64. The van der Waals surface area contributed by atoms with Crippen LogP contribution in [0.1, 0.15) is 45.4 Å². The summed E-state index contributed by atoms with van der Waals surface area (Å²) in [5.74, 6) is 0. The molecule has 1 heteroatoms. The third kappa shape index (κ3) is 2.22. The Hall–Kier alpha value is -2.02. The second kappa shape index (κ2) is 4.74. The van der Waals surface area contributed by atoms with Gasteiger partial charge in [-0.15, -0.1) is 0 Å². The molecule has 0 aliphatic heterocycles. The van der Waals surface area contributed by atoms with E-state index in [1.807, 2.05) is 0 Å². The fourth-order valence-electron chi connectivity index (χ4n) is 4.89. The van der Waals surface area contributed by atoms with Crippen LogP contribution in [-0.2, 0) is 11.8 Å². The van der Waals surface area contributed by atoms with Crippen molar-refractivity contribution in [3.8, 4) is 5.69 Å². The Morgan fingerprint density at radius 1 is 0.826 bits per heavy atom. The first-order valence-electron chi connectivity index (χ1n) is 8.57. The molecule has 2 aromatic carbocycles. The fourth-order valence-corrected chi connectivity index (χ4v) is 4.89. The highest BCUT2D eigenvalue weighted by Gasteiger charge is 2.41. The van der Waals surface area contributed by atoms with Crippen LogP contribution in [0.25, 0.3) is 16.6 Å². The van der Waals surface area contributed by atoms with Crippen LogP contribution in [-0.4, -0.2) is 4.57 Å². The molecule has 4 rings (SSSR count). The lowest BCUT2D eigenvalue weighted by atomic mass is 9.64. The minimum atomic E-state index is 0.205. The van der Waals surface area contributed by atoms with Gasteiger partial charge in [-0.2, -0.15) is 0 Å². The lowest BCUT2D eigenvalue weighted by Gasteiger charge is -2.41. The van der Waals surface area contributed by atoms with Gasteiger partial charge in [-0.1, -0.05) is 64.1 Å². The van der Waals surface area contributed by atoms with Crippen LogP contribution in [0.3, 0.4) is 0 Å². The van der Waals surface area contributed by atoms with E-state index in [-0.39, 0.29) is 5.41 Å². The number of hydrogen-bond acceptors (Lipinski definition) is 0. The second-order valence-corrected chi connectivity index (χ2v) is 8.41. The predicted octanol–water partition coefficient (Wildman–Crippen LogP) is 5.88. The molecule has 0 fully saturated rings. The monoisotopic (exact) mass is 303 g/mol. The highest BCUT2D eigenvalue weighted by Crippen LogP contribution is 2.49. The fraction of sp³-hybridized carbons (Fsp3) is 0.364. The zero-order chi connectivity index (χ0) is 16.2. The Balaban J connectivity index is 2.12. The summed E-state index contributed by atoms with van der Waals surface area (Å²) in [6.07, 6.45) is 2.37. The van der Waals surface area contributed by atoms with Crippen molar-refractivity contribution in [3.05, 3.63) is 65.9 Å². The van der Waals surface area contributed by atoms with E-state index in [0.717, 1.165) is 6.42 Å². The molecule has 0 radical (unpaired) electrons. The van der Waals surface area contributed by atoms with Crippen molar-refractivity contribution in [1.29, 1.82) is 0 Å². The van der Waals surface area contributed by atoms with E-state index in [9.17, 15) is 0 Å². The molecule has 1 heterocycles. The van der Waals surface area contributed by atoms with Crippen molar-refractivity contribution in [2.24, 2.45) is 5.41 Å². The van der Waals surface area contributed by atoms with Crippen molar-refractivity contribution in [2.45, 2.75) is 46.0 Å². The smallest absolute Gasteiger partial charge is 0.0534 e. The molecule has 118 valence electrons. The van der Waals surface area contributed by atoms with E-state index in [0.29, 0.717) is 5.41 Å². The lowest BCUT2D eigenvalue weighted by Crippen LogP contribution is -2.35. The average molecular weight is 303 g/mol. The van der Waals surface area contributed by atoms with Crippen LogP contribution in [0.4, 0.5) is 0 Å².